The van der Waals surface area contributed by atoms with Gasteiger partial charge in [0.15, 0.2) is 11.3 Å². The molecule has 18 heavy (non-hydrogen) atoms. The maximum Gasteiger partial charge on any atom is 0.287 e. The van der Waals surface area contributed by atoms with Crippen molar-refractivity contribution in [3.05, 3.63) is 52.5 Å². The van der Waals surface area contributed by atoms with E-state index in [1.807, 2.05) is 17.5 Å². The van der Waals surface area contributed by atoms with E-state index in [0.717, 1.165) is 4.88 Å². The van der Waals surface area contributed by atoms with Crippen molar-refractivity contribution in [2.75, 3.05) is 0 Å². The minimum absolute atomic E-state index is 0.221. The summed E-state index contributed by atoms with van der Waals surface area (Å²) >= 11 is 1.61. The van der Waals surface area contributed by atoms with E-state index in [0.29, 0.717) is 23.4 Å². The fourth-order valence-electron chi connectivity index (χ4n) is 1.65. The molecule has 0 radical (unpaired) electrons. The standard InChI is InChI=1S/C13H10N2O2S/c16-13(15-8-9-3-2-6-18-9)12-7-10-11(17-12)4-1-5-14-10/h1-7H,8H2,(H,15,16). The van der Waals surface area contributed by atoms with Crippen molar-refractivity contribution < 1.29 is 9.21 Å². The van der Waals surface area contributed by atoms with Gasteiger partial charge < -0.3 is 9.73 Å². The highest BCUT2D eigenvalue weighted by Gasteiger charge is 2.12. The molecule has 5 heteroatoms. The van der Waals surface area contributed by atoms with Crippen molar-refractivity contribution >= 4 is 28.3 Å². The maximum absolute atomic E-state index is 11.9. The first kappa shape index (κ1) is 11.0. The molecular formula is C13H10N2O2S. The molecule has 0 aromatic carbocycles. The van der Waals surface area contributed by atoms with Crippen LogP contribution in [0.1, 0.15) is 15.4 Å². The van der Waals surface area contributed by atoms with Crippen LogP contribution in [-0.4, -0.2) is 10.9 Å². The number of pyridine rings is 1. The average Bonchev–Trinajstić information content (AvgIpc) is 3.04. The molecule has 3 rings (SSSR count). The molecule has 1 N–H and O–H groups in total. The third kappa shape index (κ3) is 2.12. The van der Waals surface area contributed by atoms with Crippen LogP contribution in [0.3, 0.4) is 0 Å². The lowest BCUT2D eigenvalue weighted by Gasteiger charge is -1.99. The number of thiophene rings is 1. The Kier molecular flexibility index (Phi) is 2.82. The van der Waals surface area contributed by atoms with Crippen LogP contribution in [0.25, 0.3) is 11.1 Å². The highest BCUT2D eigenvalue weighted by Crippen LogP contribution is 2.16. The predicted molar refractivity (Wildman–Crippen MR) is 69.5 cm³/mol. The van der Waals surface area contributed by atoms with Crippen LogP contribution in [0.4, 0.5) is 0 Å². The van der Waals surface area contributed by atoms with Gasteiger partial charge in [0.05, 0.1) is 6.54 Å². The summed E-state index contributed by atoms with van der Waals surface area (Å²) < 4.78 is 5.43. The summed E-state index contributed by atoms with van der Waals surface area (Å²) in [6, 6.07) is 9.15. The van der Waals surface area contributed by atoms with Gasteiger partial charge in [0.2, 0.25) is 0 Å². The number of fused-ring (bicyclic) bond motifs is 1. The van der Waals surface area contributed by atoms with Crippen LogP contribution in [-0.2, 0) is 6.54 Å². The minimum atomic E-state index is -0.221. The number of aromatic nitrogens is 1. The number of amides is 1. The number of carbonyl (C=O) groups excluding carboxylic acids is 1. The summed E-state index contributed by atoms with van der Waals surface area (Å²) in [7, 11) is 0. The smallest absolute Gasteiger partial charge is 0.287 e. The molecule has 0 aliphatic carbocycles. The second-order valence-electron chi connectivity index (χ2n) is 3.76. The van der Waals surface area contributed by atoms with Crippen molar-refractivity contribution in [3.8, 4) is 0 Å². The Hall–Kier alpha value is -2.14. The Bertz CT molecular complexity index is 640. The minimum Gasteiger partial charge on any atom is -0.449 e. The maximum atomic E-state index is 11.9. The Morgan fingerprint density at radius 3 is 3.11 bits per heavy atom. The lowest BCUT2D eigenvalue weighted by Crippen LogP contribution is -2.21. The van der Waals surface area contributed by atoms with Crippen molar-refractivity contribution in [1.29, 1.82) is 0 Å². The van der Waals surface area contributed by atoms with Gasteiger partial charge in [0.1, 0.15) is 5.52 Å². The van der Waals surface area contributed by atoms with Crippen LogP contribution < -0.4 is 5.32 Å². The highest BCUT2D eigenvalue weighted by molar-refractivity contribution is 7.09. The molecule has 0 saturated heterocycles. The Balaban J connectivity index is 1.75. The summed E-state index contributed by atoms with van der Waals surface area (Å²) in [5.74, 6) is 0.0710. The number of carbonyl (C=O) groups is 1. The first-order valence-electron chi connectivity index (χ1n) is 5.48. The zero-order valence-electron chi connectivity index (χ0n) is 9.42. The van der Waals surface area contributed by atoms with E-state index in [-0.39, 0.29) is 5.91 Å². The fraction of sp³-hybridized carbons (Fsp3) is 0.0769. The quantitative estimate of drug-likeness (QED) is 0.786. The second-order valence-corrected chi connectivity index (χ2v) is 4.79. The molecule has 0 aliphatic rings. The van der Waals surface area contributed by atoms with E-state index in [9.17, 15) is 4.79 Å². The Labute approximate surface area is 107 Å². The van der Waals surface area contributed by atoms with E-state index in [4.69, 9.17) is 4.42 Å². The van der Waals surface area contributed by atoms with Gasteiger partial charge in [-0.05, 0) is 23.6 Å². The molecule has 3 aromatic rings. The number of hydrogen-bond donors (Lipinski definition) is 1. The first-order valence-corrected chi connectivity index (χ1v) is 6.36. The largest absolute Gasteiger partial charge is 0.449 e. The molecule has 0 unspecified atom stereocenters. The molecule has 0 fully saturated rings. The van der Waals surface area contributed by atoms with Gasteiger partial charge in [-0.2, -0.15) is 0 Å². The van der Waals surface area contributed by atoms with Crippen LogP contribution in [0.2, 0.25) is 0 Å². The van der Waals surface area contributed by atoms with Crippen LogP contribution in [0, 0.1) is 0 Å². The number of furan rings is 1. The summed E-state index contributed by atoms with van der Waals surface area (Å²) in [4.78, 5) is 17.1. The molecule has 0 aliphatic heterocycles. The second kappa shape index (κ2) is 4.62. The van der Waals surface area contributed by atoms with Gasteiger partial charge in [-0.15, -0.1) is 11.3 Å². The average molecular weight is 258 g/mol. The number of rotatable bonds is 3. The van der Waals surface area contributed by atoms with Gasteiger partial charge in [0.25, 0.3) is 5.91 Å². The SMILES string of the molecule is O=C(NCc1cccs1)c1cc2ncccc2o1. The normalized spacial score (nSPS) is 10.7. The van der Waals surface area contributed by atoms with Gasteiger partial charge in [-0.3, -0.25) is 9.78 Å². The molecule has 0 atom stereocenters. The topological polar surface area (TPSA) is 55.1 Å². The first-order chi connectivity index (χ1) is 8.83. The third-order valence-electron chi connectivity index (χ3n) is 2.51. The molecule has 3 heterocycles. The van der Waals surface area contributed by atoms with Crippen LogP contribution >= 0.6 is 11.3 Å². The lowest BCUT2D eigenvalue weighted by atomic mass is 10.3. The van der Waals surface area contributed by atoms with E-state index in [1.54, 1.807) is 35.7 Å². The van der Waals surface area contributed by atoms with Crippen molar-refractivity contribution in [2.45, 2.75) is 6.54 Å². The summed E-state index contributed by atoms with van der Waals surface area (Å²) in [5, 5.41) is 4.79. The third-order valence-corrected chi connectivity index (χ3v) is 3.39. The zero-order valence-corrected chi connectivity index (χ0v) is 10.2. The van der Waals surface area contributed by atoms with E-state index >= 15 is 0 Å². The van der Waals surface area contributed by atoms with Crippen molar-refractivity contribution in [2.24, 2.45) is 0 Å². The molecule has 1 amide bonds. The monoisotopic (exact) mass is 258 g/mol. The molecule has 3 aromatic heterocycles. The molecule has 0 spiro atoms. The highest BCUT2D eigenvalue weighted by atomic mass is 32.1. The number of hydrogen-bond acceptors (Lipinski definition) is 4. The number of nitrogens with one attached hydrogen (secondary N) is 1. The molecular weight excluding hydrogens is 248 g/mol. The van der Waals surface area contributed by atoms with Gasteiger partial charge >= 0.3 is 0 Å². The zero-order chi connectivity index (χ0) is 12.4. The molecule has 90 valence electrons. The molecule has 0 bridgehead atoms. The lowest BCUT2D eigenvalue weighted by molar-refractivity contribution is 0.0926. The van der Waals surface area contributed by atoms with Gasteiger partial charge in [-0.1, -0.05) is 6.07 Å². The molecule has 4 nitrogen and oxygen atoms in total. The molecule has 0 saturated carbocycles. The Morgan fingerprint density at radius 1 is 1.39 bits per heavy atom. The van der Waals surface area contributed by atoms with Gasteiger partial charge in [-0.25, -0.2) is 0 Å². The summed E-state index contributed by atoms with van der Waals surface area (Å²) in [5.41, 5.74) is 1.32. The van der Waals surface area contributed by atoms with Crippen molar-refractivity contribution in [3.63, 3.8) is 0 Å². The predicted octanol–water partition coefficient (Wildman–Crippen LogP) is 2.82. The van der Waals surface area contributed by atoms with Crippen LogP contribution in [0.15, 0.2) is 46.3 Å². The van der Waals surface area contributed by atoms with Crippen LogP contribution in [0.5, 0.6) is 0 Å². The number of nitrogens with zero attached hydrogens (tertiary/aromatic N) is 1. The summed E-state index contributed by atoms with van der Waals surface area (Å²) in [6.45, 7) is 0.515. The van der Waals surface area contributed by atoms with E-state index in [2.05, 4.69) is 10.3 Å². The van der Waals surface area contributed by atoms with Gasteiger partial charge in [0, 0.05) is 17.1 Å². The van der Waals surface area contributed by atoms with Crippen molar-refractivity contribution in [1.82, 2.24) is 10.3 Å². The van der Waals surface area contributed by atoms with E-state index in [1.165, 1.54) is 0 Å². The Morgan fingerprint density at radius 2 is 2.33 bits per heavy atom. The fourth-order valence-corrected chi connectivity index (χ4v) is 2.29. The van der Waals surface area contributed by atoms with E-state index < -0.39 is 0 Å². The summed E-state index contributed by atoms with van der Waals surface area (Å²) in [6.07, 6.45) is 1.67.